The van der Waals surface area contributed by atoms with E-state index in [1.54, 1.807) is 0 Å². The molecule has 1 heterocycles. The zero-order chi connectivity index (χ0) is 9.84. The van der Waals surface area contributed by atoms with Crippen molar-refractivity contribution in [3.63, 3.8) is 0 Å². The van der Waals surface area contributed by atoms with E-state index in [1.165, 1.54) is 4.90 Å². The summed E-state index contributed by atoms with van der Waals surface area (Å²) >= 11 is 0. The maximum atomic E-state index is 11.3. The van der Waals surface area contributed by atoms with E-state index in [1.807, 2.05) is 6.92 Å². The van der Waals surface area contributed by atoms with Crippen molar-refractivity contribution >= 4 is 11.7 Å². The molecule has 5 heteroatoms. The van der Waals surface area contributed by atoms with Gasteiger partial charge in [0.15, 0.2) is 0 Å². The van der Waals surface area contributed by atoms with Crippen molar-refractivity contribution in [2.24, 2.45) is 11.0 Å². The van der Waals surface area contributed by atoms with Crippen LogP contribution in [0.1, 0.15) is 13.3 Å². The minimum absolute atomic E-state index is 0.316. The molecule has 72 valence electrons. The summed E-state index contributed by atoms with van der Waals surface area (Å²) in [5, 5.41) is 2.90. The number of amides is 1. The molecule has 0 aromatic carbocycles. The summed E-state index contributed by atoms with van der Waals surface area (Å²) in [6.45, 7) is 3.04. The van der Waals surface area contributed by atoms with Crippen LogP contribution in [0.2, 0.25) is 0 Å². The average molecular weight is 183 g/mol. The number of ketones is 1. The molecule has 0 aromatic heterocycles. The third-order valence-electron chi connectivity index (χ3n) is 2.17. The molecule has 0 saturated carbocycles. The van der Waals surface area contributed by atoms with Gasteiger partial charge < -0.3 is 4.90 Å². The Morgan fingerprint density at radius 2 is 2.31 bits per heavy atom. The van der Waals surface area contributed by atoms with Gasteiger partial charge in [0.25, 0.3) is 5.91 Å². The fourth-order valence-electron chi connectivity index (χ4n) is 1.44. The molecule has 0 unspecified atom stereocenters. The molecule has 13 heavy (non-hydrogen) atoms. The molecular formula is C8H13N3O2. The second kappa shape index (κ2) is 4.11. The summed E-state index contributed by atoms with van der Waals surface area (Å²) in [5.41, 5.74) is 6.47. The van der Waals surface area contributed by atoms with Crippen molar-refractivity contribution in [3.8, 4) is 0 Å². The minimum atomic E-state index is -0.580. The van der Waals surface area contributed by atoms with Crippen molar-refractivity contribution in [1.82, 2.24) is 4.90 Å². The molecule has 1 aliphatic rings. The zero-order valence-corrected chi connectivity index (χ0v) is 7.62. The van der Waals surface area contributed by atoms with E-state index in [0.717, 1.165) is 6.42 Å². The Bertz CT molecular complexity index is 240. The van der Waals surface area contributed by atoms with E-state index in [2.05, 4.69) is 5.11 Å². The molecule has 1 atom stereocenters. The Kier molecular flexibility index (Phi) is 3.11. The number of nitrogens with one attached hydrogen (secondary N) is 1. The summed E-state index contributed by atoms with van der Waals surface area (Å²) in [6, 6.07) is 0. The highest BCUT2D eigenvalue weighted by Gasteiger charge is 2.27. The number of carbonyl (C=O) groups is 2. The van der Waals surface area contributed by atoms with Crippen LogP contribution < -0.4 is 0 Å². The first kappa shape index (κ1) is 9.83. The summed E-state index contributed by atoms with van der Waals surface area (Å²) in [4.78, 5) is 23.9. The van der Waals surface area contributed by atoms with E-state index in [4.69, 9.17) is 5.53 Å². The standard InChI is InChI=1S/C8H13N3O2/c1-6-2-3-11(5-6)8(13)7(12)4-10-9/h6,9H,2-5H2,1H3/t6-/m1/s1. The molecular weight excluding hydrogens is 170 g/mol. The van der Waals surface area contributed by atoms with Crippen LogP contribution in [0, 0.1) is 11.4 Å². The molecule has 1 aliphatic heterocycles. The van der Waals surface area contributed by atoms with Gasteiger partial charge in [-0.15, -0.1) is 0 Å². The predicted octanol–water partition coefficient (Wildman–Crippen LogP) is 0.455. The number of likely N-dealkylation sites (tertiary alicyclic amines) is 1. The smallest absolute Gasteiger partial charge is 0.292 e. The molecule has 5 nitrogen and oxygen atoms in total. The normalized spacial score (nSPS) is 21.6. The lowest BCUT2D eigenvalue weighted by atomic mass is 10.2. The number of nitrogens with zero attached hydrogens (tertiary/aromatic N) is 2. The lowest BCUT2D eigenvalue weighted by Gasteiger charge is -2.13. The summed E-state index contributed by atoms with van der Waals surface area (Å²) in [5.74, 6) is -0.589. The van der Waals surface area contributed by atoms with E-state index in [-0.39, 0.29) is 6.54 Å². The Labute approximate surface area is 76.6 Å². The van der Waals surface area contributed by atoms with Crippen LogP contribution >= 0.6 is 0 Å². The minimum Gasteiger partial charge on any atom is -0.336 e. The van der Waals surface area contributed by atoms with E-state index in [0.29, 0.717) is 19.0 Å². The maximum absolute atomic E-state index is 11.3. The Morgan fingerprint density at radius 1 is 1.62 bits per heavy atom. The van der Waals surface area contributed by atoms with Crippen LogP contribution in [-0.2, 0) is 9.59 Å². The fourth-order valence-corrected chi connectivity index (χ4v) is 1.44. The second-order valence-electron chi connectivity index (χ2n) is 3.38. The van der Waals surface area contributed by atoms with Gasteiger partial charge in [0.1, 0.15) is 6.54 Å². The van der Waals surface area contributed by atoms with Crippen molar-refractivity contribution in [2.45, 2.75) is 13.3 Å². The van der Waals surface area contributed by atoms with Crippen LogP contribution in [0.3, 0.4) is 0 Å². The molecule has 0 bridgehead atoms. The molecule has 1 fully saturated rings. The van der Waals surface area contributed by atoms with Gasteiger partial charge in [0, 0.05) is 13.1 Å². The van der Waals surface area contributed by atoms with Gasteiger partial charge in [-0.25, -0.2) is 5.53 Å². The highest BCUT2D eigenvalue weighted by Crippen LogP contribution is 2.14. The number of hydrogen-bond acceptors (Lipinski definition) is 4. The first-order valence-corrected chi connectivity index (χ1v) is 4.30. The second-order valence-corrected chi connectivity index (χ2v) is 3.38. The maximum Gasteiger partial charge on any atom is 0.292 e. The van der Waals surface area contributed by atoms with Gasteiger partial charge >= 0.3 is 0 Å². The Balaban J connectivity index is 2.48. The zero-order valence-electron chi connectivity index (χ0n) is 7.62. The van der Waals surface area contributed by atoms with Gasteiger partial charge in [0.2, 0.25) is 5.78 Å². The van der Waals surface area contributed by atoms with Crippen molar-refractivity contribution < 1.29 is 9.59 Å². The molecule has 0 radical (unpaired) electrons. The highest BCUT2D eigenvalue weighted by atomic mass is 16.2. The van der Waals surface area contributed by atoms with Crippen LogP contribution in [-0.4, -0.2) is 36.2 Å². The largest absolute Gasteiger partial charge is 0.336 e. The van der Waals surface area contributed by atoms with Gasteiger partial charge in [0.05, 0.1) is 0 Å². The third-order valence-corrected chi connectivity index (χ3v) is 2.17. The quantitative estimate of drug-likeness (QED) is 0.509. The number of rotatable bonds is 3. The Morgan fingerprint density at radius 3 is 2.77 bits per heavy atom. The van der Waals surface area contributed by atoms with Gasteiger partial charge in [-0.1, -0.05) is 6.92 Å². The Hall–Kier alpha value is -1.26. The lowest BCUT2D eigenvalue weighted by Crippen LogP contribution is -2.35. The van der Waals surface area contributed by atoms with Crippen LogP contribution in [0.15, 0.2) is 5.11 Å². The molecule has 0 aliphatic carbocycles. The van der Waals surface area contributed by atoms with Gasteiger partial charge in [-0.05, 0) is 12.3 Å². The van der Waals surface area contributed by atoms with Crippen molar-refractivity contribution in [2.75, 3.05) is 19.6 Å². The third kappa shape index (κ3) is 2.34. The monoisotopic (exact) mass is 183 g/mol. The number of carbonyl (C=O) groups excluding carboxylic acids is 2. The van der Waals surface area contributed by atoms with Crippen LogP contribution in [0.4, 0.5) is 0 Å². The molecule has 0 aromatic rings. The summed E-state index contributed by atoms with van der Waals surface area (Å²) in [7, 11) is 0. The van der Waals surface area contributed by atoms with E-state index >= 15 is 0 Å². The number of Topliss-reactive ketones (excluding diaryl/α,β-unsaturated/α-hetero) is 1. The van der Waals surface area contributed by atoms with Crippen LogP contribution in [0.25, 0.3) is 0 Å². The van der Waals surface area contributed by atoms with Crippen molar-refractivity contribution in [3.05, 3.63) is 0 Å². The fraction of sp³-hybridized carbons (Fsp3) is 0.750. The average Bonchev–Trinajstić information content (AvgIpc) is 2.51. The molecule has 0 spiro atoms. The van der Waals surface area contributed by atoms with E-state index in [9.17, 15) is 9.59 Å². The summed E-state index contributed by atoms with van der Waals surface area (Å²) < 4.78 is 0. The van der Waals surface area contributed by atoms with Gasteiger partial charge in [-0.3, -0.25) is 9.59 Å². The van der Waals surface area contributed by atoms with Gasteiger partial charge in [-0.2, -0.15) is 5.11 Å². The predicted molar refractivity (Wildman–Crippen MR) is 45.4 cm³/mol. The highest BCUT2D eigenvalue weighted by molar-refractivity contribution is 6.36. The molecule has 1 N–H and O–H groups in total. The molecule has 1 amide bonds. The number of hydrogen-bond donors (Lipinski definition) is 1. The van der Waals surface area contributed by atoms with Crippen molar-refractivity contribution in [1.29, 1.82) is 5.53 Å². The molecule has 1 saturated heterocycles. The SMILES string of the molecule is C[C@@H]1CCN(C(=O)C(=O)CN=N)C1. The first-order valence-electron chi connectivity index (χ1n) is 4.30. The lowest BCUT2D eigenvalue weighted by molar-refractivity contribution is -0.143. The van der Waals surface area contributed by atoms with Crippen LogP contribution in [0.5, 0.6) is 0 Å². The topological polar surface area (TPSA) is 73.6 Å². The summed E-state index contributed by atoms with van der Waals surface area (Å²) in [6.07, 6.45) is 0.955. The first-order chi connectivity index (χ1) is 6.15. The van der Waals surface area contributed by atoms with E-state index < -0.39 is 11.7 Å². The molecule has 1 rings (SSSR count).